The van der Waals surface area contributed by atoms with E-state index in [0.29, 0.717) is 12.2 Å². The molecular weight excluding hydrogens is 370 g/mol. The van der Waals surface area contributed by atoms with E-state index in [0.717, 1.165) is 11.3 Å². The van der Waals surface area contributed by atoms with Gasteiger partial charge in [0.15, 0.2) is 0 Å². The SMILES string of the molecule is CC(C)(Cc1cccc(Oc2ccccc2)c1)C(Br)(C#N)C(=O)O. The van der Waals surface area contributed by atoms with Crippen LogP contribution < -0.4 is 4.74 Å². The number of alkyl halides is 1. The van der Waals surface area contributed by atoms with Crippen molar-refractivity contribution < 1.29 is 14.6 Å². The van der Waals surface area contributed by atoms with Crippen LogP contribution in [0, 0.1) is 16.7 Å². The number of benzene rings is 2. The third-order valence-electron chi connectivity index (χ3n) is 3.90. The molecule has 4 nitrogen and oxygen atoms in total. The second kappa shape index (κ2) is 7.06. The molecule has 0 spiro atoms. The van der Waals surface area contributed by atoms with E-state index in [2.05, 4.69) is 15.9 Å². The summed E-state index contributed by atoms with van der Waals surface area (Å²) in [5.74, 6) is 0.208. The van der Waals surface area contributed by atoms with Crippen LogP contribution in [-0.4, -0.2) is 15.4 Å². The van der Waals surface area contributed by atoms with E-state index in [9.17, 15) is 15.2 Å². The lowest BCUT2D eigenvalue weighted by molar-refractivity contribution is -0.140. The Hall–Kier alpha value is -2.32. The molecule has 2 aromatic carbocycles. The zero-order valence-corrected chi connectivity index (χ0v) is 15.1. The molecule has 124 valence electrons. The first-order valence-electron chi connectivity index (χ1n) is 7.44. The summed E-state index contributed by atoms with van der Waals surface area (Å²) in [4.78, 5) is 11.5. The summed E-state index contributed by atoms with van der Waals surface area (Å²) in [6, 6.07) is 18.7. The molecule has 1 atom stereocenters. The normalized spacial score (nSPS) is 13.6. The van der Waals surface area contributed by atoms with E-state index >= 15 is 0 Å². The van der Waals surface area contributed by atoms with Gasteiger partial charge < -0.3 is 9.84 Å². The van der Waals surface area contributed by atoms with Crippen LogP contribution in [0.2, 0.25) is 0 Å². The van der Waals surface area contributed by atoms with Crippen molar-refractivity contribution in [2.75, 3.05) is 0 Å². The zero-order valence-electron chi connectivity index (χ0n) is 13.5. The van der Waals surface area contributed by atoms with E-state index in [-0.39, 0.29) is 0 Å². The van der Waals surface area contributed by atoms with Gasteiger partial charge in [0.25, 0.3) is 0 Å². The first kappa shape index (κ1) is 18.0. The van der Waals surface area contributed by atoms with Crippen LogP contribution in [0.25, 0.3) is 0 Å². The summed E-state index contributed by atoms with van der Waals surface area (Å²) in [6.07, 6.45) is 0.407. The fourth-order valence-electron chi connectivity index (χ4n) is 2.46. The summed E-state index contributed by atoms with van der Waals surface area (Å²) in [5.41, 5.74) is 0.0765. The summed E-state index contributed by atoms with van der Waals surface area (Å²) in [5, 5.41) is 18.7. The first-order valence-corrected chi connectivity index (χ1v) is 8.23. The van der Waals surface area contributed by atoms with E-state index < -0.39 is 15.7 Å². The van der Waals surface area contributed by atoms with Crippen molar-refractivity contribution in [3.8, 4) is 17.6 Å². The molecule has 0 bridgehead atoms. The second-order valence-corrected chi connectivity index (χ2v) is 7.39. The highest BCUT2D eigenvalue weighted by molar-refractivity contribution is 9.10. The molecule has 0 aliphatic carbocycles. The van der Waals surface area contributed by atoms with Crippen LogP contribution in [-0.2, 0) is 11.2 Å². The van der Waals surface area contributed by atoms with Crippen molar-refractivity contribution in [1.82, 2.24) is 0 Å². The minimum Gasteiger partial charge on any atom is -0.479 e. The highest BCUT2D eigenvalue weighted by Crippen LogP contribution is 2.41. The second-order valence-electron chi connectivity index (χ2n) is 6.20. The summed E-state index contributed by atoms with van der Waals surface area (Å²) >= 11 is 3.11. The summed E-state index contributed by atoms with van der Waals surface area (Å²) in [7, 11) is 0. The minimum atomic E-state index is -1.66. The Balaban J connectivity index is 2.23. The maximum absolute atomic E-state index is 11.5. The van der Waals surface area contributed by atoms with Gasteiger partial charge in [0.2, 0.25) is 4.32 Å². The number of rotatable bonds is 6. The lowest BCUT2D eigenvalue weighted by atomic mass is 9.75. The Kier molecular flexibility index (Phi) is 5.30. The topological polar surface area (TPSA) is 70.3 Å². The quantitative estimate of drug-likeness (QED) is 0.723. The molecule has 0 fully saturated rings. The third-order valence-corrected chi connectivity index (χ3v) is 5.49. The maximum Gasteiger partial charge on any atom is 0.335 e. The number of ether oxygens (including phenoxy) is 1. The molecule has 2 aromatic rings. The number of halogens is 1. The van der Waals surface area contributed by atoms with Gasteiger partial charge in [-0.1, -0.05) is 60.1 Å². The molecule has 0 saturated heterocycles. The number of hydrogen-bond donors (Lipinski definition) is 1. The number of para-hydroxylation sites is 1. The van der Waals surface area contributed by atoms with Crippen molar-refractivity contribution >= 4 is 21.9 Å². The largest absolute Gasteiger partial charge is 0.479 e. The Labute approximate surface area is 149 Å². The third kappa shape index (κ3) is 3.77. The minimum absolute atomic E-state index is 0.407. The smallest absolute Gasteiger partial charge is 0.335 e. The van der Waals surface area contributed by atoms with Crippen molar-refractivity contribution in [3.63, 3.8) is 0 Å². The summed E-state index contributed by atoms with van der Waals surface area (Å²) in [6.45, 7) is 3.51. The lowest BCUT2D eigenvalue weighted by Crippen LogP contribution is -2.46. The van der Waals surface area contributed by atoms with Crippen LogP contribution >= 0.6 is 15.9 Å². The monoisotopic (exact) mass is 387 g/mol. The highest BCUT2D eigenvalue weighted by atomic mass is 79.9. The average Bonchev–Trinajstić information content (AvgIpc) is 2.54. The van der Waals surface area contributed by atoms with Crippen molar-refractivity contribution in [2.45, 2.75) is 24.6 Å². The van der Waals surface area contributed by atoms with Crippen LogP contribution in [0.3, 0.4) is 0 Å². The Morgan fingerprint density at radius 3 is 2.38 bits per heavy atom. The molecule has 0 radical (unpaired) electrons. The number of carboxylic acids is 1. The molecular formula is C19H18BrNO3. The van der Waals surface area contributed by atoms with Crippen LogP contribution in [0.15, 0.2) is 54.6 Å². The Morgan fingerprint density at radius 1 is 1.17 bits per heavy atom. The van der Waals surface area contributed by atoms with E-state index in [1.165, 1.54) is 0 Å². The van der Waals surface area contributed by atoms with Gasteiger partial charge >= 0.3 is 5.97 Å². The number of nitriles is 1. The van der Waals surface area contributed by atoms with Gasteiger partial charge in [-0.15, -0.1) is 0 Å². The number of aliphatic carboxylic acids is 1. The van der Waals surface area contributed by atoms with E-state index in [4.69, 9.17) is 4.74 Å². The molecule has 1 unspecified atom stereocenters. The van der Waals surface area contributed by atoms with E-state index in [1.807, 2.05) is 60.7 Å². The zero-order chi connectivity index (χ0) is 17.8. The lowest BCUT2D eigenvalue weighted by Gasteiger charge is -2.34. The number of carbonyl (C=O) groups is 1. The highest BCUT2D eigenvalue weighted by Gasteiger charge is 2.50. The molecule has 0 heterocycles. The molecule has 0 saturated carbocycles. The Morgan fingerprint density at radius 2 is 1.79 bits per heavy atom. The molecule has 5 heteroatoms. The molecule has 1 N–H and O–H groups in total. The molecule has 0 aliphatic rings. The van der Waals surface area contributed by atoms with Crippen LogP contribution in [0.5, 0.6) is 11.5 Å². The van der Waals surface area contributed by atoms with Gasteiger partial charge in [0.1, 0.15) is 11.5 Å². The van der Waals surface area contributed by atoms with Gasteiger partial charge in [-0.25, -0.2) is 4.79 Å². The van der Waals surface area contributed by atoms with Crippen molar-refractivity contribution in [3.05, 3.63) is 60.2 Å². The molecule has 2 rings (SSSR count). The van der Waals surface area contributed by atoms with Crippen LogP contribution in [0.1, 0.15) is 19.4 Å². The fourth-order valence-corrected chi connectivity index (χ4v) is 2.60. The molecule has 0 amide bonds. The van der Waals surface area contributed by atoms with Crippen molar-refractivity contribution in [2.24, 2.45) is 5.41 Å². The van der Waals surface area contributed by atoms with Crippen LogP contribution in [0.4, 0.5) is 0 Å². The molecule has 24 heavy (non-hydrogen) atoms. The average molecular weight is 388 g/mol. The number of nitrogens with zero attached hydrogens (tertiary/aromatic N) is 1. The van der Waals surface area contributed by atoms with Gasteiger partial charge in [-0.2, -0.15) is 5.26 Å². The van der Waals surface area contributed by atoms with Gasteiger partial charge in [0, 0.05) is 5.41 Å². The van der Waals surface area contributed by atoms with E-state index in [1.54, 1.807) is 13.8 Å². The maximum atomic E-state index is 11.5. The predicted molar refractivity (Wildman–Crippen MR) is 95.3 cm³/mol. The van der Waals surface area contributed by atoms with Gasteiger partial charge in [-0.05, 0) is 36.2 Å². The number of hydrogen-bond acceptors (Lipinski definition) is 3. The molecule has 0 aromatic heterocycles. The predicted octanol–water partition coefficient (Wildman–Crippen LogP) is 4.79. The first-order chi connectivity index (χ1) is 11.3. The molecule has 0 aliphatic heterocycles. The van der Waals surface area contributed by atoms with Crippen molar-refractivity contribution in [1.29, 1.82) is 5.26 Å². The fraction of sp³-hybridized carbons (Fsp3) is 0.263. The van der Waals surface area contributed by atoms with Gasteiger partial charge in [-0.3, -0.25) is 0 Å². The Bertz CT molecular complexity index is 768. The standard InChI is InChI=1S/C19H18BrNO3/c1-18(2,19(20,13-21)17(22)23)12-14-7-6-10-16(11-14)24-15-8-4-3-5-9-15/h3-11H,12H2,1-2H3,(H,22,23). The van der Waals surface area contributed by atoms with Gasteiger partial charge in [0.05, 0.1) is 6.07 Å². The summed E-state index contributed by atoms with van der Waals surface area (Å²) < 4.78 is 4.14. The number of carboxylic acid groups (broad SMARTS) is 1.